The molecule has 1 aromatic rings. The molecule has 1 aliphatic heterocycles. The number of likely N-dealkylation sites (N-methyl/N-ethyl adjacent to an activating group) is 1. The molecule has 0 radical (unpaired) electrons. The lowest BCUT2D eigenvalue weighted by Gasteiger charge is -2.32. The minimum absolute atomic E-state index is 0.0736. The predicted molar refractivity (Wildman–Crippen MR) is 52.0 cm³/mol. The summed E-state index contributed by atoms with van der Waals surface area (Å²) in [7, 11) is 2.06. The smallest absolute Gasteiger partial charge is 0.230 e. The maximum Gasteiger partial charge on any atom is 0.230 e. The zero-order valence-corrected chi connectivity index (χ0v) is 8.68. The predicted octanol–water partition coefficient (Wildman–Crippen LogP) is -1.48. The molecule has 0 unspecified atom stereocenters. The zero-order valence-electron chi connectivity index (χ0n) is 8.68. The van der Waals surface area contributed by atoms with Gasteiger partial charge in [-0.1, -0.05) is 5.21 Å². The van der Waals surface area contributed by atoms with E-state index in [2.05, 4.69) is 32.6 Å². The number of tetrazole rings is 1. The fourth-order valence-corrected chi connectivity index (χ4v) is 1.56. The lowest BCUT2D eigenvalue weighted by molar-refractivity contribution is -0.132. The van der Waals surface area contributed by atoms with Crippen molar-refractivity contribution >= 4 is 5.91 Å². The van der Waals surface area contributed by atoms with Crippen LogP contribution in [0.15, 0.2) is 0 Å². The molecule has 82 valence electrons. The molecule has 0 bridgehead atoms. The van der Waals surface area contributed by atoms with Crippen LogP contribution in [0, 0.1) is 0 Å². The maximum absolute atomic E-state index is 11.8. The third-order valence-electron chi connectivity index (χ3n) is 2.55. The van der Waals surface area contributed by atoms with E-state index in [-0.39, 0.29) is 12.3 Å². The number of hydrogen-bond donors (Lipinski definition) is 1. The van der Waals surface area contributed by atoms with Crippen LogP contribution >= 0.6 is 0 Å². The Kier molecular flexibility index (Phi) is 2.91. The highest BCUT2D eigenvalue weighted by molar-refractivity contribution is 5.78. The number of piperazine rings is 1. The van der Waals surface area contributed by atoms with Crippen molar-refractivity contribution in [1.82, 2.24) is 30.4 Å². The molecular formula is C8H14N6O. The third-order valence-corrected chi connectivity index (χ3v) is 2.55. The van der Waals surface area contributed by atoms with Crippen LogP contribution in [-0.4, -0.2) is 69.6 Å². The summed E-state index contributed by atoms with van der Waals surface area (Å²) >= 11 is 0. The highest BCUT2D eigenvalue weighted by Crippen LogP contribution is 2.01. The number of aromatic nitrogens is 4. The lowest BCUT2D eigenvalue weighted by atomic mass is 10.3. The molecule has 0 atom stereocenters. The van der Waals surface area contributed by atoms with E-state index in [1.807, 2.05) is 4.90 Å². The zero-order chi connectivity index (χ0) is 10.7. The summed E-state index contributed by atoms with van der Waals surface area (Å²) in [6.07, 6.45) is 0.236. The van der Waals surface area contributed by atoms with Crippen LogP contribution in [0.3, 0.4) is 0 Å². The Morgan fingerprint density at radius 2 is 2.13 bits per heavy atom. The summed E-state index contributed by atoms with van der Waals surface area (Å²) in [5, 5.41) is 13.3. The van der Waals surface area contributed by atoms with Gasteiger partial charge in [0.15, 0.2) is 5.82 Å². The third kappa shape index (κ3) is 2.50. The number of aromatic amines is 1. The number of carbonyl (C=O) groups is 1. The summed E-state index contributed by atoms with van der Waals surface area (Å²) in [6.45, 7) is 3.43. The fourth-order valence-electron chi connectivity index (χ4n) is 1.56. The molecule has 2 heterocycles. The van der Waals surface area contributed by atoms with Gasteiger partial charge in [0.2, 0.25) is 5.91 Å². The van der Waals surface area contributed by atoms with Crippen LogP contribution in [0.1, 0.15) is 5.82 Å². The normalized spacial score (nSPS) is 18.1. The average molecular weight is 210 g/mol. The molecule has 7 heteroatoms. The number of nitrogens with one attached hydrogen (secondary N) is 1. The van der Waals surface area contributed by atoms with Crippen LogP contribution < -0.4 is 0 Å². The molecule has 1 fully saturated rings. The topological polar surface area (TPSA) is 78.0 Å². The highest BCUT2D eigenvalue weighted by Gasteiger charge is 2.20. The van der Waals surface area contributed by atoms with E-state index in [9.17, 15) is 4.79 Å². The number of nitrogens with zero attached hydrogens (tertiary/aromatic N) is 5. The molecule has 0 aromatic carbocycles. The van der Waals surface area contributed by atoms with Crippen molar-refractivity contribution in [1.29, 1.82) is 0 Å². The average Bonchev–Trinajstić information content (AvgIpc) is 2.71. The van der Waals surface area contributed by atoms with Crippen molar-refractivity contribution in [3.8, 4) is 0 Å². The number of amides is 1. The summed E-state index contributed by atoms with van der Waals surface area (Å²) in [5.41, 5.74) is 0. The molecule has 1 aliphatic rings. The molecule has 1 amide bonds. The first-order valence-electron chi connectivity index (χ1n) is 4.94. The van der Waals surface area contributed by atoms with Crippen molar-refractivity contribution in [2.24, 2.45) is 0 Å². The standard InChI is InChI=1S/C8H14N6O/c1-13-2-4-14(5-3-13)8(15)6-7-9-11-12-10-7/h2-6H2,1H3,(H,9,10,11,12). The van der Waals surface area contributed by atoms with E-state index in [1.54, 1.807) is 0 Å². The molecular weight excluding hydrogens is 196 g/mol. The molecule has 1 N–H and O–H groups in total. The van der Waals surface area contributed by atoms with E-state index < -0.39 is 0 Å². The number of hydrogen-bond acceptors (Lipinski definition) is 5. The number of H-pyrrole nitrogens is 1. The fraction of sp³-hybridized carbons (Fsp3) is 0.750. The minimum atomic E-state index is 0.0736. The summed E-state index contributed by atoms with van der Waals surface area (Å²) in [6, 6.07) is 0. The number of rotatable bonds is 2. The molecule has 2 rings (SSSR count). The van der Waals surface area contributed by atoms with Crippen molar-refractivity contribution in [3.05, 3.63) is 5.82 Å². The van der Waals surface area contributed by atoms with Crippen molar-refractivity contribution in [2.75, 3.05) is 33.2 Å². The summed E-state index contributed by atoms with van der Waals surface area (Å²) in [4.78, 5) is 15.8. The van der Waals surface area contributed by atoms with Gasteiger partial charge in [0.1, 0.15) is 0 Å². The Morgan fingerprint density at radius 3 is 2.73 bits per heavy atom. The van der Waals surface area contributed by atoms with Gasteiger partial charge >= 0.3 is 0 Å². The Labute approximate surface area is 87.4 Å². The Morgan fingerprint density at radius 1 is 1.40 bits per heavy atom. The Bertz CT molecular complexity index is 316. The van der Waals surface area contributed by atoms with Gasteiger partial charge in [0.25, 0.3) is 0 Å². The monoisotopic (exact) mass is 210 g/mol. The largest absolute Gasteiger partial charge is 0.340 e. The molecule has 1 saturated heterocycles. The number of carbonyl (C=O) groups excluding carboxylic acids is 1. The van der Waals surface area contributed by atoms with Gasteiger partial charge in [-0.05, 0) is 7.05 Å². The minimum Gasteiger partial charge on any atom is -0.340 e. The second-order valence-electron chi connectivity index (χ2n) is 3.69. The second-order valence-corrected chi connectivity index (χ2v) is 3.69. The first-order chi connectivity index (χ1) is 7.25. The van der Waals surface area contributed by atoms with Crippen LogP contribution in [0.5, 0.6) is 0 Å². The summed E-state index contributed by atoms with van der Waals surface area (Å²) in [5.74, 6) is 0.531. The Balaban J connectivity index is 1.86. The van der Waals surface area contributed by atoms with Crippen LogP contribution in [0.4, 0.5) is 0 Å². The van der Waals surface area contributed by atoms with Gasteiger partial charge in [-0.15, -0.1) is 10.2 Å². The van der Waals surface area contributed by atoms with Crippen molar-refractivity contribution < 1.29 is 4.79 Å². The van der Waals surface area contributed by atoms with E-state index in [4.69, 9.17) is 0 Å². The van der Waals surface area contributed by atoms with Gasteiger partial charge < -0.3 is 9.80 Å². The molecule has 15 heavy (non-hydrogen) atoms. The lowest BCUT2D eigenvalue weighted by Crippen LogP contribution is -2.47. The first-order valence-corrected chi connectivity index (χ1v) is 4.94. The quantitative estimate of drug-likeness (QED) is 0.644. The highest BCUT2D eigenvalue weighted by atomic mass is 16.2. The van der Waals surface area contributed by atoms with Crippen LogP contribution in [0.2, 0.25) is 0 Å². The van der Waals surface area contributed by atoms with Crippen LogP contribution in [-0.2, 0) is 11.2 Å². The van der Waals surface area contributed by atoms with Gasteiger partial charge in [0.05, 0.1) is 6.42 Å². The van der Waals surface area contributed by atoms with Gasteiger partial charge in [-0.3, -0.25) is 4.79 Å². The van der Waals surface area contributed by atoms with E-state index in [1.165, 1.54) is 0 Å². The Hall–Kier alpha value is -1.50. The maximum atomic E-state index is 11.8. The van der Waals surface area contributed by atoms with Gasteiger partial charge in [-0.25, -0.2) is 0 Å². The molecule has 0 saturated carbocycles. The van der Waals surface area contributed by atoms with Gasteiger partial charge in [0, 0.05) is 26.2 Å². The molecule has 7 nitrogen and oxygen atoms in total. The summed E-state index contributed by atoms with van der Waals surface area (Å²) < 4.78 is 0. The van der Waals surface area contributed by atoms with E-state index >= 15 is 0 Å². The molecule has 0 spiro atoms. The van der Waals surface area contributed by atoms with E-state index in [0.717, 1.165) is 26.2 Å². The SMILES string of the molecule is CN1CCN(C(=O)Cc2nn[nH]n2)CC1. The first kappa shape index (κ1) is 10.0. The second kappa shape index (κ2) is 4.35. The molecule has 1 aromatic heterocycles. The van der Waals surface area contributed by atoms with Gasteiger partial charge in [-0.2, -0.15) is 5.21 Å². The van der Waals surface area contributed by atoms with Crippen LogP contribution in [0.25, 0.3) is 0 Å². The van der Waals surface area contributed by atoms with E-state index in [0.29, 0.717) is 5.82 Å². The molecule has 0 aliphatic carbocycles. The van der Waals surface area contributed by atoms with Crippen molar-refractivity contribution in [2.45, 2.75) is 6.42 Å². The van der Waals surface area contributed by atoms with Crippen molar-refractivity contribution in [3.63, 3.8) is 0 Å².